The van der Waals surface area contributed by atoms with E-state index in [0.717, 1.165) is 36.0 Å². The first-order chi connectivity index (χ1) is 25.2. The fraction of sp³-hybridized carbons (Fsp3) is 0.513. The molecule has 6 rings (SSSR count). The van der Waals surface area contributed by atoms with Gasteiger partial charge in [-0.15, -0.1) is 6.58 Å². The summed E-state index contributed by atoms with van der Waals surface area (Å²) in [6, 6.07) is 9.56. The molecule has 2 aliphatic heterocycles. The number of cyclic esters (lactones) is 1. The third-order valence-electron chi connectivity index (χ3n) is 10.3. The van der Waals surface area contributed by atoms with Gasteiger partial charge in [-0.25, -0.2) is 18.2 Å². The highest BCUT2D eigenvalue weighted by Crippen LogP contribution is 2.45. The number of pyridine rings is 1. The van der Waals surface area contributed by atoms with E-state index in [0.29, 0.717) is 25.1 Å². The van der Waals surface area contributed by atoms with Crippen molar-refractivity contribution in [3.63, 3.8) is 0 Å². The van der Waals surface area contributed by atoms with E-state index in [2.05, 4.69) is 33.0 Å². The van der Waals surface area contributed by atoms with Crippen molar-refractivity contribution in [1.29, 1.82) is 0 Å². The van der Waals surface area contributed by atoms with Crippen molar-refractivity contribution in [2.75, 3.05) is 13.2 Å². The van der Waals surface area contributed by atoms with Gasteiger partial charge in [0.05, 0.1) is 18.4 Å². The Labute approximate surface area is 311 Å². The number of fused-ring (bicyclic) bond motifs is 3. The molecule has 2 aliphatic carbocycles. The summed E-state index contributed by atoms with van der Waals surface area (Å²) >= 11 is 0. The molecule has 1 saturated heterocycles. The third-order valence-corrected chi connectivity index (χ3v) is 12.1. The minimum absolute atomic E-state index is 0.0270. The quantitative estimate of drug-likeness (QED) is 0.345. The topological polar surface area (TPSA) is 173 Å². The van der Waals surface area contributed by atoms with Gasteiger partial charge in [0.15, 0.2) is 0 Å². The number of hydrogen-bond donors (Lipinski definition) is 3. The number of alkyl carbamates (subject to hydrolysis) is 1. The molecule has 4 aliphatic rings. The predicted octanol–water partition coefficient (Wildman–Crippen LogP) is 4.49. The summed E-state index contributed by atoms with van der Waals surface area (Å²) in [5.41, 5.74) is 0.298. The van der Waals surface area contributed by atoms with Crippen molar-refractivity contribution >= 4 is 39.9 Å². The highest BCUT2D eigenvalue weighted by Gasteiger charge is 2.62. The molecule has 2 aromatic rings. The Morgan fingerprint density at radius 2 is 1.85 bits per heavy atom. The van der Waals surface area contributed by atoms with Crippen LogP contribution >= 0.6 is 0 Å². The lowest BCUT2D eigenvalue weighted by atomic mass is 9.85. The number of carbonyl (C=O) groups is 4. The first kappa shape index (κ1) is 38.0. The summed E-state index contributed by atoms with van der Waals surface area (Å²) < 4.78 is 39.6. The average molecular weight is 748 g/mol. The second-order valence-corrected chi connectivity index (χ2v) is 17.4. The van der Waals surface area contributed by atoms with E-state index in [9.17, 15) is 27.6 Å². The normalized spacial score (nSPS) is 27.4. The van der Waals surface area contributed by atoms with Crippen molar-refractivity contribution in [3.8, 4) is 17.0 Å². The number of aromatic nitrogens is 1. The van der Waals surface area contributed by atoms with Gasteiger partial charge in [-0.2, -0.15) is 0 Å². The van der Waals surface area contributed by atoms with Gasteiger partial charge in [0.1, 0.15) is 23.7 Å². The molecule has 0 radical (unpaired) electrons. The molecule has 53 heavy (non-hydrogen) atoms. The number of hydrogen-bond acceptors (Lipinski definition) is 9. The summed E-state index contributed by atoms with van der Waals surface area (Å²) in [7, 11) is -3.89. The van der Waals surface area contributed by atoms with Crippen LogP contribution in [0.5, 0.6) is 5.88 Å². The summed E-state index contributed by atoms with van der Waals surface area (Å²) in [5.74, 6) is -2.19. The second kappa shape index (κ2) is 15.3. The number of amides is 4. The van der Waals surface area contributed by atoms with Crippen LogP contribution < -0.4 is 20.1 Å². The van der Waals surface area contributed by atoms with Gasteiger partial charge >= 0.3 is 6.09 Å². The lowest BCUT2D eigenvalue weighted by Gasteiger charge is -2.35. The number of ether oxygens (including phenoxy) is 2. The minimum Gasteiger partial charge on any atom is -0.472 e. The molecule has 5 atom stereocenters. The van der Waals surface area contributed by atoms with Crippen molar-refractivity contribution in [3.05, 3.63) is 66.9 Å². The molecule has 0 spiro atoms. The molecular weight excluding hydrogens is 699 g/mol. The molecule has 3 heterocycles. The maximum Gasteiger partial charge on any atom is 0.407 e. The van der Waals surface area contributed by atoms with Crippen LogP contribution in [0.3, 0.4) is 0 Å². The fourth-order valence-corrected chi connectivity index (χ4v) is 8.38. The van der Waals surface area contributed by atoms with Crippen LogP contribution in [0.4, 0.5) is 4.79 Å². The van der Waals surface area contributed by atoms with Crippen LogP contribution in [0.25, 0.3) is 17.2 Å². The molecule has 3 fully saturated rings. The maximum atomic E-state index is 14.5. The minimum atomic E-state index is -3.89. The number of nitrogens with one attached hydrogen (secondary N) is 3. The van der Waals surface area contributed by atoms with E-state index in [1.807, 2.05) is 42.5 Å². The van der Waals surface area contributed by atoms with E-state index in [1.165, 1.54) is 11.0 Å². The van der Waals surface area contributed by atoms with Gasteiger partial charge in [-0.1, -0.05) is 69.3 Å². The Kier molecular flexibility index (Phi) is 11.0. The van der Waals surface area contributed by atoms with Crippen LogP contribution in [0.15, 0.2) is 61.3 Å². The zero-order valence-electron chi connectivity index (χ0n) is 30.5. The van der Waals surface area contributed by atoms with Crippen LogP contribution in [0, 0.1) is 11.3 Å². The van der Waals surface area contributed by atoms with Crippen LogP contribution in [0.1, 0.15) is 77.7 Å². The first-order valence-corrected chi connectivity index (χ1v) is 19.9. The number of sulfonamides is 1. The first-order valence-electron chi connectivity index (χ1n) is 18.4. The Bertz CT molecular complexity index is 1870. The summed E-state index contributed by atoms with van der Waals surface area (Å²) in [4.78, 5) is 61.3. The Hall–Kier alpha value is -4.72. The molecular formula is C39H49N5O8S. The Morgan fingerprint density at radius 1 is 1.09 bits per heavy atom. The van der Waals surface area contributed by atoms with Gasteiger partial charge in [-0.05, 0) is 67.6 Å². The summed E-state index contributed by atoms with van der Waals surface area (Å²) in [5, 5.41) is 4.91. The molecule has 2 saturated carbocycles. The zero-order valence-corrected chi connectivity index (χ0v) is 31.3. The number of carbonyl (C=O) groups excluding carboxylic acids is 4. The highest BCUT2D eigenvalue weighted by molar-refractivity contribution is 7.91. The van der Waals surface area contributed by atoms with E-state index < -0.39 is 74.1 Å². The average Bonchev–Trinajstić information content (AvgIpc) is 4.05. The van der Waals surface area contributed by atoms with Gasteiger partial charge < -0.3 is 25.0 Å². The lowest BCUT2D eigenvalue weighted by molar-refractivity contribution is -0.142. The molecule has 13 nitrogen and oxygen atoms in total. The van der Waals surface area contributed by atoms with Crippen LogP contribution in [0.2, 0.25) is 0 Å². The Morgan fingerprint density at radius 3 is 2.53 bits per heavy atom. The van der Waals surface area contributed by atoms with Crippen molar-refractivity contribution in [2.24, 2.45) is 11.3 Å². The maximum absolute atomic E-state index is 14.5. The number of nitrogens with zero attached hydrogens (tertiary/aromatic N) is 2. The third kappa shape index (κ3) is 8.58. The monoisotopic (exact) mass is 747 g/mol. The molecule has 14 heteroatoms. The zero-order chi connectivity index (χ0) is 38.0. The molecule has 2 bridgehead atoms. The van der Waals surface area contributed by atoms with Crippen LogP contribution in [-0.2, 0) is 29.1 Å². The second-order valence-electron chi connectivity index (χ2n) is 15.4. The molecule has 1 aromatic heterocycles. The molecule has 3 N–H and O–H groups in total. The number of benzene rings is 1. The van der Waals surface area contributed by atoms with Gasteiger partial charge in [0, 0.05) is 24.1 Å². The molecule has 0 unspecified atom stereocenters. The number of allylic oxidation sites excluding steroid dienone is 1. The standard InChI is InChI=1S/C39H49N5O8S/c1-5-26-23-39(26,36(47)43-53(49,50)28-17-18-28)42-33(45)31-22-27-24-44(31)35(46)32(38(2,3)4)41-37(48)51-21-13-8-6-7-12-16-30-29(19-20-40-34(30)52-27)25-14-10-9-11-15-25/h5,9-12,14-16,19-20,26-28,31-32H,1,6-8,13,17-18,21-24H2,2-4H3,(H,41,48)(H,42,45)(H,43,47)/b16-12+/t26-,27+,31-,32+,39+/m0/s1. The lowest BCUT2D eigenvalue weighted by Crippen LogP contribution is -2.60. The summed E-state index contributed by atoms with van der Waals surface area (Å²) in [6.45, 7) is 9.35. The van der Waals surface area contributed by atoms with Gasteiger partial charge in [0.2, 0.25) is 27.7 Å². The predicted molar refractivity (Wildman–Crippen MR) is 199 cm³/mol. The highest BCUT2D eigenvalue weighted by atomic mass is 32.2. The van der Waals surface area contributed by atoms with Crippen molar-refractivity contribution in [1.82, 2.24) is 25.2 Å². The number of rotatable bonds is 7. The van der Waals surface area contributed by atoms with E-state index in [-0.39, 0.29) is 26.0 Å². The fourth-order valence-electron chi connectivity index (χ4n) is 7.01. The van der Waals surface area contributed by atoms with E-state index in [4.69, 9.17) is 9.47 Å². The van der Waals surface area contributed by atoms with Crippen LogP contribution in [-0.4, -0.2) is 84.2 Å². The molecule has 1 aromatic carbocycles. The molecule has 284 valence electrons. The smallest absolute Gasteiger partial charge is 0.407 e. The van der Waals surface area contributed by atoms with Gasteiger partial charge in [-0.3, -0.25) is 19.1 Å². The SMILES string of the molecule is C=C[C@H]1C[C@]1(NC(=O)[C@@H]1C[C@@H]2CN1C(=O)[C@H](C(C)(C)C)NC(=O)OCCCCC/C=C/c1c(-c3ccccc3)ccnc1O2)C(=O)NS(=O)(=O)C1CC1. The molecule has 4 amide bonds. The van der Waals surface area contributed by atoms with Gasteiger partial charge in [0.25, 0.3) is 5.91 Å². The Balaban J connectivity index is 1.34. The van der Waals surface area contributed by atoms with Crippen molar-refractivity contribution in [2.45, 2.75) is 101 Å². The summed E-state index contributed by atoms with van der Waals surface area (Å²) in [6.07, 6.45) is 10.00. The van der Waals surface area contributed by atoms with E-state index >= 15 is 0 Å². The van der Waals surface area contributed by atoms with Crippen molar-refractivity contribution < 1.29 is 37.1 Å². The largest absolute Gasteiger partial charge is 0.472 e. The van der Waals surface area contributed by atoms with E-state index in [1.54, 1.807) is 27.0 Å².